The summed E-state index contributed by atoms with van der Waals surface area (Å²) in [6, 6.07) is 21.1. The number of fused-ring (bicyclic) bond motifs is 1. The van der Waals surface area contributed by atoms with Crippen LogP contribution in [0.4, 0.5) is 5.69 Å². The summed E-state index contributed by atoms with van der Waals surface area (Å²) < 4.78 is 2.83. The van der Waals surface area contributed by atoms with Crippen molar-refractivity contribution in [2.24, 2.45) is 0 Å². The van der Waals surface area contributed by atoms with Crippen LogP contribution in [-0.4, -0.2) is 15.3 Å². The minimum Gasteiger partial charge on any atom is -0.322 e. The van der Waals surface area contributed by atoms with Crippen LogP contribution in [0.5, 0.6) is 0 Å². The topological polar surface area (TPSA) is 46.4 Å². The summed E-state index contributed by atoms with van der Waals surface area (Å²) in [6.07, 6.45) is 3.81. The molecule has 0 atom stereocenters. The number of hydrogen-bond donors (Lipinski definition) is 1. The van der Waals surface area contributed by atoms with Gasteiger partial charge < -0.3 is 9.72 Å². The van der Waals surface area contributed by atoms with Gasteiger partial charge in [-0.3, -0.25) is 4.79 Å². The normalized spacial score (nSPS) is 10.8. The largest absolute Gasteiger partial charge is 0.322 e. The minimum atomic E-state index is -0.162. The summed E-state index contributed by atoms with van der Waals surface area (Å²) in [4.78, 5) is 17.1. The number of carbonyl (C=O) groups is 1. The van der Waals surface area contributed by atoms with E-state index < -0.39 is 0 Å². The van der Waals surface area contributed by atoms with E-state index in [1.165, 1.54) is 0 Å². The van der Waals surface area contributed by atoms with E-state index in [1.807, 2.05) is 71.4 Å². The highest BCUT2D eigenvalue weighted by atomic mass is 79.9. The number of aromatic nitrogens is 2. The summed E-state index contributed by atoms with van der Waals surface area (Å²) in [5.41, 5.74) is 3.97. The molecule has 4 rings (SSSR count). The number of nitrogens with one attached hydrogen (secondary N) is 1. The van der Waals surface area contributed by atoms with Gasteiger partial charge in [0.2, 0.25) is 0 Å². The molecule has 1 amide bonds. The van der Waals surface area contributed by atoms with E-state index >= 15 is 0 Å². The van der Waals surface area contributed by atoms with Crippen LogP contribution in [0.25, 0.3) is 16.9 Å². The molecule has 2 aromatic carbocycles. The van der Waals surface area contributed by atoms with Crippen molar-refractivity contribution >= 4 is 33.2 Å². The van der Waals surface area contributed by atoms with E-state index in [0.29, 0.717) is 5.56 Å². The third-order valence-corrected chi connectivity index (χ3v) is 4.37. The summed E-state index contributed by atoms with van der Waals surface area (Å²) >= 11 is 3.40. The van der Waals surface area contributed by atoms with Crippen molar-refractivity contribution in [1.82, 2.24) is 9.38 Å². The highest BCUT2D eigenvalue weighted by molar-refractivity contribution is 9.10. The van der Waals surface area contributed by atoms with Crippen molar-refractivity contribution in [3.63, 3.8) is 0 Å². The first-order chi connectivity index (χ1) is 12.2. The Labute approximate surface area is 153 Å². The van der Waals surface area contributed by atoms with Crippen molar-refractivity contribution in [3.8, 4) is 11.3 Å². The number of rotatable bonds is 3. The fourth-order valence-electron chi connectivity index (χ4n) is 2.64. The Morgan fingerprint density at radius 1 is 1.00 bits per heavy atom. The monoisotopic (exact) mass is 391 g/mol. The standard InChI is InChI=1S/C20H14BrN3O/c21-16-7-4-8-17(12-16)22-20(25)15-9-10-24-13-18(23-19(24)11-15)14-5-2-1-3-6-14/h1-13H,(H,22,25). The molecule has 0 saturated carbocycles. The number of pyridine rings is 1. The molecule has 4 aromatic rings. The van der Waals surface area contributed by atoms with Gasteiger partial charge in [-0.1, -0.05) is 52.3 Å². The first-order valence-electron chi connectivity index (χ1n) is 7.80. The first kappa shape index (κ1) is 15.6. The van der Waals surface area contributed by atoms with Crippen LogP contribution >= 0.6 is 15.9 Å². The van der Waals surface area contributed by atoms with Crippen molar-refractivity contribution in [2.75, 3.05) is 5.32 Å². The van der Waals surface area contributed by atoms with Crippen molar-refractivity contribution < 1.29 is 4.79 Å². The Hall–Kier alpha value is -2.92. The molecule has 4 nitrogen and oxygen atoms in total. The maximum atomic E-state index is 12.5. The lowest BCUT2D eigenvalue weighted by Crippen LogP contribution is -2.12. The molecule has 0 aliphatic rings. The number of anilines is 1. The first-order valence-corrected chi connectivity index (χ1v) is 8.59. The Morgan fingerprint density at radius 2 is 1.84 bits per heavy atom. The van der Waals surface area contributed by atoms with E-state index in [1.54, 1.807) is 12.1 Å². The van der Waals surface area contributed by atoms with Gasteiger partial charge in [-0.05, 0) is 30.3 Å². The zero-order chi connectivity index (χ0) is 17.2. The molecule has 5 heteroatoms. The molecule has 0 aliphatic heterocycles. The molecule has 0 spiro atoms. The van der Waals surface area contributed by atoms with Crippen LogP contribution in [-0.2, 0) is 0 Å². The molecule has 0 aliphatic carbocycles. The Bertz CT molecular complexity index is 1060. The summed E-state index contributed by atoms with van der Waals surface area (Å²) in [7, 11) is 0. The number of benzene rings is 2. The molecule has 1 N–H and O–H groups in total. The molecule has 0 unspecified atom stereocenters. The van der Waals surface area contributed by atoms with Gasteiger partial charge in [-0.2, -0.15) is 0 Å². The number of amides is 1. The van der Waals surface area contributed by atoms with Crippen molar-refractivity contribution in [1.29, 1.82) is 0 Å². The average molecular weight is 392 g/mol. The van der Waals surface area contributed by atoms with Gasteiger partial charge in [0.25, 0.3) is 5.91 Å². The van der Waals surface area contributed by atoms with Crippen LogP contribution in [0, 0.1) is 0 Å². The van der Waals surface area contributed by atoms with Gasteiger partial charge in [-0.15, -0.1) is 0 Å². The predicted molar refractivity (Wildman–Crippen MR) is 103 cm³/mol. The fourth-order valence-corrected chi connectivity index (χ4v) is 3.04. The highest BCUT2D eigenvalue weighted by Gasteiger charge is 2.10. The maximum absolute atomic E-state index is 12.5. The third kappa shape index (κ3) is 3.32. The second-order valence-electron chi connectivity index (χ2n) is 5.64. The highest BCUT2D eigenvalue weighted by Crippen LogP contribution is 2.20. The third-order valence-electron chi connectivity index (χ3n) is 3.87. The van der Waals surface area contributed by atoms with Gasteiger partial charge in [0.1, 0.15) is 5.65 Å². The Balaban J connectivity index is 1.63. The van der Waals surface area contributed by atoms with E-state index in [-0.39, 0.29) is 5.91 Å². The molecule has 0 saturated heterocycles. The van der Waals surface area contributed by atoms with Crippen molar-refractivity contribution in [3.05, 3.63) is 89.2 Å². The van der Waals surface area contributed by atoms with E-state index in [9.17, 15) is 4.79 Å². The molecule has 0 radical (unpaired) electrons. The number of imidazole rings is 1. The SMILES string of the molecule is O=C(Nc1cccc(Br)c1)c1ccn2cc(-c3ccccc3)nc2c1. The summed E-state index contributed by atoms with van der Waals surface area (Å²) in [5, 5.41) is 2.90. The number of halogens is 1. The number of hydrogen-bond acceptors (Lipinski definition) is 2. The molecule has 2 heterocycles. The molecule has 2 aromatic heterocycles. The predicted octanol–water partition coefficient (Wildman–Crippen LogP) is 5.02. The van der Waals surface area contributed by atoms with Crippen LogP contribution in [0.2, 0.25) is 0 Å². The van der Waals surface area contributed by atoms with Gasteiger partial charge in [0.05, 0.1) is 5.69 Å². The van der Waals surface area contributed by atoms with Crippen LogP contribution in [0.1, 0.15) is 10.4 Å². The van der Waals surface area contributed by atoms with Gasteiger partial charge in [0.15, 0.2) is 0 Å². The summed E-state index contributed by atoms with van der Waals surface area (Å²) in [5.74, 6) is -0.162. The number of nitrogens with zero attached hydrogens (tertiary/aromatic N) is 2. The molecule has 25 heavy (non-hydrogen) atoms. The van der Waals surface area contributed by atoms with E-state index in [0.717, 1.165) is 27.1 Å². The zero-order valence-electron chi connectivity index (χ0n) is 13.2. The quantitative estimate of drug-likeness (QED) is 0.533. The minimum absolute atomic E-state index is 0.162. The lowest BCUT2D eigenvalue weighted by Gasteiger charge is -2.06. The lowest BCUT2D eigenvalue weighted by atomic mass is 10.2. The van der Waals surface area contributed by atoms with Crippen molar-refractivity contribution in [2.45, 2.75) is 0 Å². The number of carbonyl (C=O) groups excluding carboxylic acids is 1. The Morgan fingerprint density at radius 3 is 2.64 bits per heavy atom. The van der Waals surface area contributed by atoms with E-state index in [2.05, 4.69) is 26.2 Å². The van der Waals surface area contributed by atoms with E-state index in [4.69, 9.17) is 0 Å². The molecule has 122 valence electrons. The lowest BCUT2D eigenvalue weighted by molar-refractivity contribution is 0.102. The smallest absolute Gasteiger partial charge is 0.255 e. The van der Waals surface area contributed by atoms with Gasteiger partial charge in [-0.25, -0.2) is 4.98 Å². The molecular weight excluding hydrogens is 378 g/mol. The maximum Gasteiger partial charge on any atom is 0.255 e. The van der Waals surface area contributed by atoms with Gasteiger partial charge >= 0.3 is 0 Å². The molecule has 0 fully saturated rings. The second-order valence-corrected chi connectivity index (χ2v) is 6.55. The zero-order valence-corrected chi connectivity index (χ0v) is 14.8. The fraction of sp³-hybridized carbons (Fsp3) is 0. The van der Waals surface area contributed by atoms with Gasteiger partial charge in [0, 0.05) is 33.7 Å². The molecule has 0 bridgehead atoms. The second kappa shape index (κ2) is 6.53. The molecular formula is C20H14BrN3O. The average Bonchev–Trinajstić information content (AvgIpc) is 3.06. The van der Waals surface area contributed by atoms with Crippen LogP contribution in [0.15, 0.2) is 83.6 Å². The summed E-state index contributed by atoms with van der Waals surface area (Å²) in [6.45, 7) is 0. The Kier molecular flexibility index (Phi) is 4.07. The van der Waals surface area contributed by atoms with Crippen LogP contribution in [0.3, 0.4) is 0 Å². The van der Waals surface area contributed by atoms with Crippen LogP contribution < -0.4 is 5.32 Å².